The van der Waals surface area contributed by atoms with Gasteiger partial charge in [0.2, 0.25) is 0 Å². The van der Waals surface area contributed by atoms with Crippen molar-refractivity contribution in [2.45, 2.75) is 46.6 Å². The number of rotatable bonds is 9. The van der Waals surface area contributed by atoms with E-state index in [0.717, 1.165) is 44.4 Å². The molecule has 2 rings (SSSR count). The summed E-state index contributed by atoms with van der Waals surface area (Å²) in [7, 11) is 0. The van der Waals surface area contributed by atoms with Crippen LogP contribution in [0.3, 0.4) is 0 Å². The molecule has 1 atom stereocenters. The molecule has 2 N–H and O–H groups in total. The second-order valence-corrected chi connectivity index (χ2v) is 6.40. The first kappa shape index (κ1) is 22.1. The molecule has 1 aliphatic heterocycles. The molecule has 0 saturated carbocycles. The predicted octanol–water partition coefficient (Wildman–Crippen LogP) is 1.75. The van der Waals surface area contributed by atoms with Crippen molar-refractivity contribution >= 4 is 29.9 Å². The molecule has 8 heteroatoms. The van der Waals surface area contributed by atoms with Crippen LogP contribution in [0.4, 0.5) is 0 Å². The molecular weight excluding hydrogens is 429 g/mol. The summed E-state index contributed by atoms with van der Waals surface area (Å²) >= 11 is 0. The zero-order valence-electron chi connectivity index (χ0n) is 15.9. The summed E-state index contributed by atoms with van der Waals surface area (Å²) in [6.45, 7) is 13.6. The van der Waals surface area contributed by atoms with Gasteiger partial charge in [-0.15, -0.1) is 34.2 Å². The Hall–Kier alpha value is -0.900. The van der Waals surface area contributed by atoms with E-state index in [-0.39, 0.29) is 24.0 Å². The third-order valence-electron chi connectivity index (χ3n) is 4.42. The number of aryl methyl sites for hydroxylation is 1. The number of guanidine groups is 1. The van der Waals surface area contributed by atoms with Crippen LogP contribution < -0.4 is 10.6 Å². The minimum absolute atomic E-state index is 0. The van der Waals surface area contributed by atoms with Gasteiger partial charge in [-0.05, 0) is 38.8 Å². The summed E-state index contributed by atoms with van der Waals surface area (Å²) in [6, 6.07) is 0. The van der Waals surface area contributed by atoms with Gasteiger partial charge in [-0.2, -0.15) is 0 Å². The van der Waals surface area contributed by atoms with Gasteiger partial charge < -0.3 is 20.1 Å². The summed E-state index contributed by atoms with van der Waals surface area (Å²) in [6.07, 6.45) is 5.21. The van der Waals surface area contributed by atoms with Gasteiger partial charge in [-0.1, -0.05) is 13.8 Å². The molecule has 1 saturated heterocycles. The first-order valence-electron chi connectivity index (χ1n) is 9.38. The first-order valence-corrected chi connectivity index (χ1v) is 9.38. The molecule has 25 heavy (non-hydrogen) atoms. The van der Waals surface area contributed by atoms with Crippen molar-refractivity contribution in [3.05, 3.63) is 12.2 Å². The standard InChI is InChI=1S/C17H33N7.HI/c1-4-9-23-10-7-15(13-23)12-20-17(18-6-3)19-8-11-24-14-21-22-16(24)5-2;/h14-15H,4-13H2,1-3H3,(H2,18,19,20);1H. The largest absolute Gasteiger partial charge is 0.357 e. The van der Waals surface area contributed by atoms with E-state index in [1.165, 1.54) is 32.5 Å². The van der Waals surface area contributed by atoms with Gasteiger partial charge in [0.05, 0.1) is 0 Å². The molecule has 0 amide bonds. The van der Waals surface area contributed by atoms with Gasteiger partial charge in [0.1, 0.15) is 12.2 Å². The van der Waals surface area contributed by atoms with Crippen molar-refractivity contribution in [3.63, 3.8) is 0 Å². The maximum absolute atomic E-state index is 4.78. The highest BCUT2D eigenvalue weighted by Gasteiger charge is 2.21. The van der Waals surface area contributed by atoms with Crippen LogP contribution in [0.25, 0.3) is 0 Å². The number of hydrogen-bond donors (Lipinski definition) is 2. The number of nitrogens with one attached hydrogen (secondary N) is 2. The van der Waals surface area contributed by atoms with Crippen molar-refractivity contribution in [2.75, 3.05) is 39.3 Å². The van der Waals surface area contributed by atoms with Crippen LogP contribution in [0.1, 0.15) is 39.4 Å². The third kappa shape index (κ3) is 7.47. The van der Waals surface area contributed by atoms with Crippen molar-refractivity contribution in [1.29, 1.82) is 0 Å². The van der Waals surface area contributed by atoms with Crippen LogP contribution in [0.15, 0.2) is 11.3 Å². The molecule has 0 aromatic carbocycles. The maximum atomic E-state index is 4.78. The predicted molar refractivity (Wildman–Crippen MR) is 114 cm³/mol. The Kier molecular flexibility index (Phi) is 11.0. The Morgan fingerprint density at radius 1 is 1.28 bits per heavy atom. The lowest BCUT2D eigenvalue weighted by atomic mass is 10.1. The van der Waals surface area contributed by atoms with E-state index in [1.807, 2.05) is 0 Å². The molecular formula is C17H34IN7. The van der Waals surface area contributed by atoms with Gasteiger partial charge in [0.15, 0.2) is 5.96 Å². The highest BCUT2D eigenvalue weighted by molar-refractivity contribution is 14.0. The summed E-state index contributed by atoms with van der Waals surface area (Å²) in [4.78, 5) is 7.33. The minimum atomic E-state index is 0. The highest BCUT2D eigenvalue weighted by atomic mass is 127. The molecule has 1 unspecified atom stereocenters. The fraction of sp³-hybridized carbons (Fsp3) is 0.824. The number of halogens is 1. The molecule has 1 aliphatic rings. The summed E-state index contributed by atoms with van der Waals surface area (Å²) in [5.41, 5.74) is 0. The van der Waals surface area contributed by atoms with E-state index in [2.05, 4.69) is 51.1 Å². The smallest absolute Gasteiger partial charge is 0.191 e. The highest BCUT2D eigenvalue weighted by Crippen LogP contribution is 2.16. The van der Waals surface area contributed by atoms with Crippen LogP contribution in [0, 0.1) is 5.92 Å². The summed E-state index contributed by atoms with van der Waals surface area (Å²) in [5, 5.41) is 14.8. The molecule has 0 spiro atoms. The maximum Gasteiger partial charge on any atom is 0.191 e. The molecule has 2 heterocycles. The average molecular weight is 463 g/mol. The fourth-order valence-corrected chi connectivity index (χ4v) is 3.18. The molecule has 1 aromatic heterocycles. The van der Waals surface area contributed by atoms with Gasteiger partial charge in [-0.3, -0.25) is 4.99 Å². The second-order valence-electron chi connectivity index (χ2n) is 6.40. The Labute approximate surface area is 169 Å². The van der Waals surface area contributed by atoms with Crippen LogP contribution in [0.5, 0.6) is 0 Å². The van der Waals surface area contributed by atoms with Crippen LogP contribution in [0.2, 0.25) is 0 Å². The van der Waals surface area contributed by atoms with Crippen LogP contribution >= 0.6 is 24.0 Å². The SMILES string of the molecule is CCCN1CCC(CN=C(NCC)NCCn2cnnc2CC)C1.I. The summed E-state index contributed by atoms with van der Waals surface area (Å²) < 4.78 is 2.09. The topological polar surface area (TPSA) is 70.4 Å². The molecule has 1 fully saturated rings. The lowest BCUT2D eigenvalue weighted by Crippen LogP contribution is -2.39. The quantitative estimate of drug-likeness (QED) is 0.332. The van der Waals surface area contributed by atoms with E-state index in [1.54, 1.807) is 6.33 Å². The van der Waals surface area contributed by atoms with Gasteiger partial charge in [0, 0.05) is 39.1 Å². The molecule has 7 nitrogen and oxygen atoms in total. The zero-order valence-corrected chi connectivity index (χ0v) is 18.2. The lowest BCUT2D eigenvalue weighted by molar-refractivity contribution is 0.326. The average Bonchev–Trinajstić information content (AvgIpc) is 3.22. The number of nitrogens with zero attached hydrogens (tertiary/aromatic N) is 5. The Morgan fingerprint density at radius 2 is 2.12 bits per heavy atom. The van der Waals surface area contributed by atoms with Gasteiger partial charge in [0.25, 0.3) is 0 Å². The Bertz CT molecular complexity index is 503. The third-order valence-corrected chi connectivity index (χ3v) is 4.42. The molecule has 0 radical (unpaired) electrons. The molecule has 144 valence electrons. The first-order chi connectivity index (χ1) is 11.8. The number of aliphatic imine (C=N–C) groups is 1. The molecule has 0 bridgehead atoms. The van der Waals surface area contributed by atoms with Crippen molar-refractivity contribution in [1.82, 2.24) is 30.3 Å². The van der Waals surface area contributed by atoms with Crippen molar-refractivity contribution in [2.24, 2.45) is 10.9 Å². The van der Waals surface area contributed by atoms with Gasteiger partial charge >= 0.3 is 0 Å². The van der Waals surface area contributed by atoms with E-state index >= 15 is 0 Å². The zero-order chi connectivity index (χ0) is 17.2. The summed E-state index contributed by atoms with van der Waals surface area (Å²) in [5.74, 6) is 2.63. The minimum Gasteiger partial charge on any atom is -0.357 e. The fourth-order valence-electron chi connectivity index (χ4n) is 3.18. The van der Waals surface area contributed by atoms with Crippen molar-refractivity contribution in [3.8, 4) is 0 Å². The van der Waals surface area contributed by atoms with E-state index in [4.69, 9.17) is 4.99 Å². The number of aromatic nitrogens is 3. The van der Waals surface area contributed by atoms with E-state index in [0.29, 0.717) is 5.92 Å². The van der Waals surface area contributed by atoms with Crippen molar-refractivity contribution < 1.29 is 0 Å². The van der Waals surface area contributed by atoms with E-state index in [9.17, 15) is 0 Å². The molecule has 0 aliphatic carbocycles. The van der Waals surface area contributed by atoms with Gasteiger partial charge in [-0.25, -0.2) is 0 Å². The van der Waals surface area contributed by atoms with Crippen LogP contribution in [-0.2, 0) is 13.0 Å². The lowest BCUT2D eigenvalue weighted by Gasteiger charge is -2.15. The Balaban J connectivity index is 0.00000312. The normalized spacial score (nSPS) is 18.2. The van der Waals surface area contributed by atoms with Crippen LogP contribution in [-0.4, -0.2) is 64.9 Å². The monoisotopic (exact) mass is 463 g/mol. The number of hydrogen-bond acceptors (Lipinski definition) is 4. The number of likely N-dealkylation sites (tertiary alicyclic amines) is 1. The second kappa shape index (κ2) is 12.5. The Morgan fingerprint density at radius 3 is 2.84 bits per heavy atom. The molecule has 1 aromatic rings. The van der Waals surface area contributed by atoms with E-state index < -0.39 is 0 Å².